The van der Waals surface area contributed by atoms with Gasteiger partial charge in [0, 0.05) is 6.54 Å². The summed E-state index contributed by atoms with van der Waals surface area (Å²) in [5, 5.41) is 4.14. The third kappa shape index (κ3) is 2.51. The molecule has 2 aromatic rings. The van der Waals surface area contributed by atoms with Crippen LogP contribution in [-0.2, 0) is 6.54 Å². The molecule has 0 unspecified atom stereocenters. The predicted molar refractivity (Wildman–Crippen MR) is 74.6 cm³/mol. The van der Waals surface area contributed by atoms with E-state index < -0.39 is 0 Å². The van der Waals surface area contributed by atoms with Crippen molar-refractivity contribution < 1.29 is 0 Å². The Bertz CT molecular complexity index is 624. The molecule has 0 saturated heterocycles. The number of para-hydroxylation sites is 1. The monoisotopic (exact) mass is 285 g/mol. The van der Waals surface area contributed by atoms with Crippen LogP contribution in [-0.4, -0.2) is 23.1 Å². The largest absolute Gasteiger partial charge is 0.320 e. The highest BCUT2D eigenvalue weighted by Crippen LogP contribution is 2.20. The van der Waals surface area contributed by atoms with Crippen LogP contribution in [0.3, 0.4) is 0 Å². The van der Waals surface area contributed by atoms with Gasteiger partial charge in [0.15, 0.2) is 0 Å². The van der Waals surface area contributed by atoms with E-state index in [-0.39, 0.29) is 10.8 Å². The smallest absolute Gasteiger partial charge is 0.262 e. The first-order chi connectivity index (χ1) is 8.65. The normalized spacial score (nSPS) is 11.1. The Hall–Kier alpha value is -1.10. The van der Waals surface area contributed by atoms with Crippen molar-refractivity contribution in [2.45, 2.75) is 13.0 Å². The summed E-state index contributed by atoms with van der Waals surface area (Å²) in [4.78, 5) is 16.4. The second kappa shape index (κ2) is 5.69. The standard InChI is InChI=1S/C12H13Cl2N3O/c1-15-6-3-7-17-11(18)8-4-2-5-9(13)10(8)16-12(17)14/h2,4-5,15H,3,6-7H2,1H3. The van der Waals surface area contributed by atoms with Gasteiger partial charge >= 0.3 is 0 Å². The van der Waals surface area contributed by atoms with Gasteiger partial charge in [0.1, 0.15) is 0 Å². The molecule has 1 aromatic heterocycles. The summed E-state index contributed by atoms with van der Waals surface area (Å²) in [6.07, 6.45) is 0.809. The van der Waals surface area contributed by atoms with Crippen LogP contribution >= 0.6 is 23.2 Å². The van der Waals surface area contributed by atoms with Crippen molar-refractivity contribution in [2.24, 2.45) is 0 Å². The highest BCUT2D eigenvalue weighted by atomic mass is 35.5. The van der Waals surface area contributed by atoms with E-state index in [4.69, 9.17) is 23.2 Å². The minimum atomic E-state index is -0.149. The van der Waals surface area contributed by atoms with E-state index in [1.807, 2.05) is 7.05 Å². The minimum Gasteiger partial charge on any atom is -0.320 e. The van der Waals surface area contributed by atoms with E-state index in [2.05, 4.69) is 10.3 Å². The molecule has 1 aromatic carbocycles. The lowest BCUT2D eigenvalue weighted by Crippen LogP contribution is -2.24. The molecule has 0 amide bonds. The Labute approximate surface area is 115 Å². The van der Waals surface area contributed by atoms with Crippen molar-refractivity contribution >= 4 is 34.1 Å². The van der Waals surface area contributed by atoms with Gasteiger partial charge in [-0.25, -0.2) is 4.98 Å². The van der Waals surface area contributed by atoms with Gasteiger partial charge < -0.3 is 5.32 Å². The third-order valence-electron chi connectivity index (χ3n) is 2.70. The average molecular weight is 286 g/mol. The number of hydrogen-bond donors (Lipinski definition) is 1. The Kier molecular flexibility index (Phi) is 4.22. The van der Waals surface area contributed by atoms with E-state index in [0.29, 0.717) is 22.5 Å². The van der Waals surface area contributed by atoms with Gasteiger partial charge in [-0.15, -0.1) is 0 Å². The van der Waals surface area contributed by atoms with Crippen LogP contribution in [0.25, 0.3) is 10.9 Å². The first kappa shape index (κ1) is 13.3. The molecule has 2 rings (SSSR count). The molecule has 1 heterocycles. The van der Waals surface area contributed by atoms with Crippen molar-refractivity contribution in [3.8, 4) is 0 Å². The van der Waals surface area contributed by atoms with Crippen molar-refractivity contribution in [2.75, 3.05) is 13.6 Å². The first-order valence-corrected chi connectivity index (χ1v) is 6.40. The number of hydrogen-bond acceptors (Lipinski definition) is 3. The maximum atomic E-state index is 12.3. The fraction of sp³-hybridized carbons (Fsp3) is 0.333. The summed E-state index contributed by atoms with van der Waals surface area (Å²) in [5.41, 5.74) is 0.308. The highest BCUT2D eigenvalue weighted by molar-refractivity contribution is 6.35. The number of fused-ring (bicyclic) bond motifs is 1. The molecule has 0 atom stereocenters. The summed E-state index contributed by atoms with van der Waals surface area (Å²) in [6, 6.07) is 5.14. The maximum Gasteiger partial charge on any atom is 0.262 e. The molecule has 6 heteroatoms. The molecule has 18 heavy (non-hydrogen) atoms. The summed E-state index contributed by atoms with van der Waals surface area (Å²) < 4.78 is 1.47. The first-order valence-electron chi connectivity index (χ1n) is 5.64. The average Bonchev–Trinajstić information content (AvgIpc) is 2.35. The summed E-state index contributed by atoms with van der Waals surface area (Å²) in [7, 11) is 1.86. The lowest BCUT2D eigenvalue weighted by Gasteiger charge is -2.09. The Balaban J connectivity index is 2.52. The number of nitrogens with one attached hydrogen (secondary N) is 1. The molecule has 1 N–H and O–H groups in total. The Morgan fingerprint density at radius 1 is 1.39 bits per heavy atom. The van der Waals surface area contributed by atoms with Crippen LogP contribution in [0.1, 0.15) is 6.42 Å². The second-order valence-corrected chi connectivity index (χ2v) is 4.68. The maximum absolute atomic E-state index is 12.3. The van der Waals surface area contributed by atoms with Crippen LogP contribution in [0.5, 0.6) is 0 Å². The predicted octanol–water partition coefficient (Wildman–Crippen LogP) is 2.31. The van der Waals surface area contributed by atoms with Gasteiger partial charge in [-0.2, -0.15) is 0 Å². The van der Waals surface area contributed by atoms with Crippen molar-refractivity contribution in [3.05, 3.63) is 38.9 Å². The van der Waals surface area contributed by atoms with Gasteiger partial charge in [0.2, 0.25) is 5.28 Å². The number of aromatic nitrogens is 2. The zero-order valence-electron chi connectivity index (χ0n) is 9.91. The number of halogens is 2. The SMILES string of the molecule is CNCCCn1c(Cl)nc2c(Cl)cccc2c1=O. The van der Waals surface area contributed by atoms with E-state index >= 15 is 0 Å². The van der Waals surface area contributed by atoms with Crippen LogP contribution < -0.4 is 10.9 Å². The van der Waals surface area contributed by atoms with Gasteiger partial charge in [-0.3, -0.25) is 9.36 Å². The summed E-state index contributed by atoms with van der Waals surface area (Å²) in [6.45, 7) is 1.35. The topological polar surface area (TPSA) is 46.9 Å². The quantitative estimate of drug-likeness (QED) is 0.693. The lowest BCUT2D eigenvalue weighted by molar-refractivity contribution is 0.595. The summed E-state index contributed by atoms with van der Waals surface area (Å²) >= 11 is 12.0. The van der Waals surface area contributed by atoms with Crippen molar-refractivity contribution in [3.63, 3.8) is 0 Å². The molecule has 0 radical (unpaired) electrons. The fourth-order valence-corrected chi connectivity index (χ4v) is 2.25. The molecule has 0 aliphatic carbocycles. The molecule has 0 fully saturated rings. The van der Waals surface area contributed by atoms with Gasteiger partial charge in [-0.1, -0.05) is 17.7 Å². The highest BCUT2D eigenvalue weighted by Gasteiger charge is 2.10. The van der Waals surface area contributed by atoms with Crippen LogP contribution in [0.4, 0.5) is 0 Å². The van der Waals surface area contributed by atoms with E-state index in [1.165, 1.54) is 4.57 Å². The van der Waals surface area contributed by atoms with E-state index in [0.717, 1.165) is 13.0 Å². The minimum absolute atomic E-state index is 0.149. The Morgan fingerprint density at radius 2 is 2.17 bits per heavy atom. The Morgan fingerprint density at radius 3 is 2.89 bits per heavy atom. The molecule has 0 bridgehead atoms. The van der Waals surface area contributed by atoms with Crippen LogP contribution in [0, 0.1) is 0 Å². The van der Waals surface area contributed by atoms with Crippen molar-refractivity contribution in [1.82, 2.24) is 14.9 Å². The second-order valence-electron chi connectivity index (χ2n) is 3.93. The number of benzene rings is 1. The number of nitrogens with zero attached hydrogens (tertiary/aromatic N) is 2. The summed E-state index contributed by atoms with van der Waals surface area (Å²) in [5.74, 6) is 0. The molecule has 0 aliphatic heterocycles. The van der Waals surface area contributed by atoms with Crippen LogP contribution in [0.2, 0.25) is 10.3 Å². The molecule has 0 spiro atoms. The van der Waals surface area contributed by atoms with Gasteiger partial charge in [0.05, 0.1) is 15.9 Å². The van der Waals surface area contributed by atoms with Crippen LogP contribution in [0.15, 0.2) is 23.0 Å². The lowest BCUT2D eigenvalue weighted by atomic mass is 10.2. The molecular weight excluding hydrogens is 273 g/mol. The zero-order valence-corrected chi connectivity index (χ0v) is 11.4. The van der Waals surface area contributed by atoms with E-state index in [1.54, 1.807) is 18.2 Å². The van der Waals surface area contributed by atoms with Gasteiger partial charge in [-0.05, 0) is 43.7 Å². The van der Waals surface area contributed by atoms with E-state index in [9.17, 15) is 4.79 Å². The third-order valence-corrected chi connectivity index (χ3v) is 3.29. The molecule has 4 nitrogen and oxygen atoms in total. The molecular formula is C12H13Cl2N3O. The van der Waals surface area contributed by atoms with Gasteiger partial charge in [0.25, 0.3) is 5.56 Å². The van der Waals surface area contributed by atoms with Crippen molar-refractivity contribution in [1.29, 1.82) is 0 Å². The fourth-order valence-electron chi connectivity index (χ4n) is 1.79. The zero-order chi connectivity index (χ0) is 13.1. The molecule has 0 aliphatic rings. The number of rotatable bonds is 4. The molecule has 0 saturated carbocycles. The molecule has 96 valence electrons.